The topological polar surface area (TPSA) is 79.2 Å². The Morgan fingerprint density at radius 1 is 1.11 bits per heavy atom. The summed E-state index contributed by atoms with van der Waals surface area (Å²) in [6.07, 6.45) is 4.70. The Hall–Kier alpha value is -2.48. The average Bonchev–Trinajstić information content (AvgIpc) is 3.40. The van der Waals surface area contributed by atoms with Crippen LogP contribution in [0, 0.1) is 6.92 Å². The lowest BCUT2D eigenvalue weighted by atomic mass is 10.2. The van der Waals surface area contributed by atoms with Crippen LogP contribution in [0.4, 0.5) is 5.95 Å². The van der Waals surface area contributed by atoms with E-state index in [1.807, 2.05) is 19.1 Å². The highest BCUT2D eigenvalue weighted by Crippen LogP contribution is 2.20. The van der Waals surface area contributed by atoms with Crippen molar-refractivity contribution >= 4 is 11.9 Å². The lowest BCUT2D eigenvalue weighted by molar-refractivity contribution is -0.126. The van der Waals surface area contributed by atoms with Crippen molar-refractivity contribution in [3.05, 3.63) is 29.8 Å². The fourth-order valence-corrected chi connectivity index (χ4v) is 4.10. The first-order chi connectivity index (χ1) is 13.6. The van der Waals surface area contributed by atoms with E-state index in [1.165, 1.54) is 18.4 Å². The maximum Gasteiger partial charge on any atom is 0.250 e. The van der Waals surface area contributed by atoms with Crippen molar-refractivity contribution in [2.45, 2.75) is 51.6 Å². The van der Waals surface area contributed by atoms with Gasteiger partial charge in [-0.25, -0.2) is 0 Å². The minimum atomic E-state index is -0.101. The van der Waals surface area contributed by atoms with Gasteiger partial charge in [0.25, 0.3) is 0 Å². The SMILES string of the molecule is Cc1ccc(-n2nnnc2N2CCN(C(C)C(=O)NC3CCCC3)CC2)cc1. The second kappa shape index (κ2) is 8.26. The number of aromatic nitrogens is 4. The van der Waals surface area contributed by atoms with Crippen LogP contribution in [0.1, 0.15) is 38.2 Å². The van der Waals surface area contributed by atoms with Crippen LogP contribution in [0.3, 0.4) is 0 Å². The molecule has 28 heavy (non-hydrogen) atoms. The number of amides is 1. The third kappa shape index (κ3) is 4.01. The maximum atomic E-state index is 12.6. The fourth-order valence-electron chi connectivity index (χ4n) is 4.10. The molecule has 2 heterocycles. The number of hydrogen-bond acceptors (Lipinski definition) is 6. The minimum Gasteiger partial charge on any atom is -0.352 e. The van der Waals surface area contributed by atoms with Gasteiger partial charge < -0.3 is 10.2 Å². The van der Waals surface area contributed by atoms with Crippen molar-refractivity contribution in [2.75, 3.05) is 31.1 Å². The normalized spacial score (nSPS) is 19.7. The summed E-state index contributed by atoms with van der Waals surface area (Å²) in [7, 11) is 0. The highest BCUT2D eigenvalue weighted by atomic mass is 16.2. The molecule has 1 atom stereocenters. The smallest absolute Gasteiger partial charge is 0.250 e. The number of benzene rings is 1. The molecule has 4 rings (SSSR count). The number of hydrogen-bond donors (Lipinski definition) is 1. The van der Waals surface area contributed by atoms with Gasteiger partial charge in [0.1, 0.15) is 0 Å². The number of carbonyl (C=O) groups excluding carboxylic acids is 1. The van der Waals surface area contributed by atoms with Crippen LogP contribution in [0.5, 0.6) is 0 Å². The van der Waals surface area contributed by atoms with E-state index in [9.17, 15) is 4.79 Å². The molecule has 2 fully saturated rings. The molecule has 1 aliphatic carbocycles. The molecule has 1 aliphatic heterocycles. The standard InChI is InChI=1S/C20H29N7O/c1-15-7-9-18(10-8-15)27-20(22-23-24-27)26-13-11-25(12-14-26)16(2)19(28)21-17-5-3-4-6-17/h7-10,16-17H,3-6,11-14H2,1-2H3,(H,21,28). The summed E-state index contributed by atoms with van der Waals surface area (Å²) in [5.41, 5.74) is 2.16. The van der Waals surface area contributed by atoms with Gasteiger partial charge in [0.2, 0.25) is 11.9 Å². The number of nitrogens with zero attached hydrogens (tertiary/aromatic N) is 6. The molecule has 1 aromatic carbocycles. The van der Waals surface area contributed by atoms with E-state index in [1.54, 1.807) is 4.68 Å². The highest BCUT2D eigenvalue weighted by molar-refractivity contribution is 5.81. The molecule has 0 spiro atoms. The number of rotatable bonds is 5. The quantitative estimate of drug-likeness (QED) is 0.844. The molecule has 1 N–H and O–H groups in total. The van der Waals surface area contributed by atoms with Gasteiger partial charge in [-0.05, 0) is 49.2 Å². The first kappa shape index (κ1) is 18.9. The molecule has 8 heteroatoms. The molecule has 1 unspecified atom stereocenters. The van der Waals surface area contributed by atoms with Crippen LogP contribution in [-0.2, 0) is 4.79 Å². The second-order valence-electron chi connectivity index (χ2n) is 7.92. The first-order valence-corrected chi connectivity index (χ1v) is 10.3. The number of carbonyl (C=O) groups is 1. The van der Waals surface area contributed by atoms with Crippen LogP contribution < -0.4 is 10.2 Å². The molecule has 0 radical (unpaired) electrons. The van der Waals surface area contributed by atoms with Crippen molar-refractivity contribution in [3.63, 3.8) is 0 Å². The second-order valence-corrected chi connectivity index (χ2v) is 7.92. The van der Waals surface area contributed by atoms with Gasteiger partial charge in [0, 0.05) is 32.2 Å². The van der Waals surface area contributed by atoms with Gasteiger partial charge in [-0.2, -0.15) is 4.68 Å². The van der Waals surface area contributed by atoms with Crippen molar-refractivity contribution in [1.82, 2.24) is 30.4 Å². The number of piperazine rings is 1. The van der Waals surface area contributed by atoms with E-state index in [0.29, 0.717) is 6.04 Å². The predicted octanol–water partition coefficient (Wildman–Crippen LogP) is 1.54. The third-order valence-corrected chi connectivity index (χ3v) is 5.96. The fraction of sp³-hybridized carbons (Fsp3) is 0.600. The maximum absolute atomic E-state index is 12.6. The minimum absolute atomic E-state index is 0.101. The lowest BCUT2D eigenvalue weighted by Gasteiger charge is -2.37. The molecule has 8 nitrogen and oxygen atoms in total. The average molecular weight is 384 g/mol. The van der Waals surface area contributed by atoms with E-state index in [2.05, 4.69) is 49.7 Å². The van der Waals surface area contributed by atoms with E-state index >= 15 is 0 Å². The molecule has 2 aliphatic rings. The molecule has 1 saturated carbocycles. The number of nitrogens with one attached hydrogen (secondary N) is 1. The summed E-state index contributed by atoms with van der Waals surface area (Å²) in [6, 6.07) is 8.44. The van der Waals surface area contributed by atoms with Gasteiger partial charge in [-0.3, -0.25) is 9.69 Å². The zero-order valence-corrected chi connectivity index (χ0v) is 16.7. The van der Waals surface area contributed by atoms with Crippen LogP contribution in [0.25, 0.3) is 5.69 Å². The van der Waals surface area contributed by atoms with Crippen molar-refractivity contribution in [2.24, 2.45) is 0 Å². The van der Waals surface area contributed by atoms with Crippen LogP contribution in [0.2, 0.25) is 0 Å². The Labute approximate surface area is 165 Å². The predicted molar refractivity (Wildman–Crippen MR) is 108 cm³/mol. The highest BCUT2D eigenvalue weighted by Gasteiger charge is 2.29. The Morgan fingerprint density at radius 3 is 2.46 bits per heavy atom. The van der Waals surface area contributed by atoms with Crippen molar-refractivity contribution in [1.29, 1.82) is 0 Å². The zero-order valence-electron chi connectivity index (χ0n) is 16.7. The molecule has 2 aromatic rings. The van der Waals surface area contributed by atoms with Crippen LogP contribution in [-0.4, -0.2) is 69.3 Å². The van der Waals surface area contributed by atoms with Crippen molar-refractivity contribution < 1.29 is 4.79 Å². The number of tetrazole rings is 1. The lowest BCUT2D eigenvalue weighted by Crippen LogP contribution is -2.55. The summed E-state index contributed by atoms with van der Waals surface area (Å²) in [4.78, 5) is 17.0. The molecule has 1 amide bonds. The van der Waals surface area contributed by atoms with Gasteiger partial charge in [0.05, 0.1) is 11.7 Å². The summed E-state index contributed by atoms with van der Waals surface area (Å²) >= 11 is 0. The molecule has 1 aromatic heterocycles. The Morgan fingerprint density at radius 2 is 1.79 bits per heavy atom. The number of anilines is 1. The largest absolute Gasteiger partial charge is 0.352 e. The van der Waals surface area contributed by atoms with Gasteiger partial charge in [-0.15, -0.1) is 0 Å². The zero-order chi connectivity index (χ0) is 19.5. The van der Waals surface area contributed by atoms with Crippen LogP contribution in [0.15, 0.2) is 24.3 Å². The number of aryl methyl sites for hydroxylation is 1. The molecular formula is C20H29N7O. The van der Waals surface area contributed by atoms with Gasteiger partial charge >= 0.3 is 0 Å². The van der Waals surface area contributed by atoms with E-state index in [0.717, 1.165) is 50.7 Å². The first-order valence-electron chi connectivity index (χ1n) is 10.3. The Kier molecular flexibility index (Phi) is 5.57. The van der Waals surface area contributed by atoms with E-state index in [4.69, 9.17) is 0 Å². The summed E-state index contributed by atoms with van der Waals surface area (Å²) in [5.74, 6) is 0.913. The monoisotopic (exact) mass is 383 g/mol. The van der Waals surface area contributed by atoms with Crippen LogP contribution >= 0.6 is 0 Å². The molecule has 150 valence electrons. The molecule has 1 saturated heterocycles. The van der Waals surface area contributed by atoms with E-state index < -0.39 is 0 Å². The van der Waals surface area contributed by atoms with E-state index in [-0.39, 0.29) is 11.9 Å². The van der Waals surface area contributed by atoms with Gasteiger partial charge in [0.15, 0.2) is 0 Å². The van der Waals surface area contributed by atoms with Crippen molar-refractivity contribution in [3.8, 4) is 5.69 Å². The summed E-state index contributed by atoms with van der Waals surface area (Å²) in [5, 5.41) is 15.5. The Balaban J connectivity index is 1.36. The Bertz CT molecular complexity index is 789. The third-order valence-electron chi connectivity index (χ3n) is 5.96. The summed E-state index contributed by atoms with van der Waals surface area (Å²) < 4.78 is 1.78. The molecular weight excluding hydrogens is 354 g/mol. The van der Waals surface area contributed by atoms with Gasteiger partial charge in [-0.1, -0.05) is 35.6 Å². The molecule has 0 bridgehead atoms. The summed E-state index contributed by atoms with van der Waals surface area (Å²) in [6.45, 7) is 7.31.